The quantitative estimate of drug-likeness (QED) is 0.788. The van der Waals surface area contributed by atoms with E-state index in [9.17, 15) is 0 Å². The van der Waals surface area contributed by atoms with Gasteiger partial charge in [-0.15, -0.1) is 10.2 Å². The molecule has 0 aliphatic heterocycles. The maximum absolute atomic E-state index is 5.54. The largest absolute Gasteiger partial charge is 0.329 e. The number of hydrogen-bond donors (Lipinski definition) is 1. The fourth-order valence-corrected chi connectivity index (χ4v) is 1.45. The SMILES string of the molecule is Cc1nnc(CC(C)(C)C)n1CCN. The predicted octanol–water partition coefficient (Wildman–Crippen LogP) is 1.13. The van der Waals surface area contributed by atoms with Crippen LogP contribution in [0.3, 0.4) is 0 Å². The van der Waals surface area contributed by atoms with Crippen LogP contribution in [0.1, 0.15) is 32.4 Å². The Morgan fingerprint density at radius 1 is 1.29 bits per heavy atom. The van der Waals surface area contributed by atoms with Crippen molar-refractivity contribution in [1.82, 2.24) is 14.8 Å². The van der Waals surface area contributed by atoms with E-state index in [2.05, 4.69) is 35.5 Å². The molecule has 1 aromatic rings. The van der Waals surface area contributed by atoms with E-state index in [0.717, 1.165) is 24.6 Å². The first-order valence-electron chi connectivity index (χ1n) is 5.03. The van der Waals surface area contributed by atoms with Gasteiger partial charge >= 0.3 is 0 Å². The highest BCUT2D eigenvalue weighted by molar-refractivity contribution is 4.96. The van der Waals surface area contributed by atoms with E-state index in [4.69, 9.17) is 5.73 Å². The van der Waals surface area contributed by atoms with Gasteiger partial charge in [-0.2, -0.15) is 0 Å². The number of rotatable bonds is 3. The summed E-state index contributed by atoms with van der Waals surface area (Å²) in [6.45, 7) is 10.0. The van der Waals surface area contributed by atoms with E-state index in [0.29, 0.717) is 6.54 Å². The van der Waals surface area contributed by atoms with Gasteiger partial charge in [0.1, 0.15) is 11.6 Å². The van der Waals surface area contributed by atoms with E-state index in [-0.39, 0.29) is 5.41 Å². The highest BCUT2D eigenvalue weighted by Gasteiger charge is 2.16. The van der Waals surface area contributed by atoms with Gasteiger partial charge in [0, 0.05) is 19.5 Å². The number of nitrogens with two attached hydrogens (primary N) is 1. The van der Waals surface area contributed by atoms with Crippen LogP contribution >= 0.6 is 0 Å². The Kier molecular flexibility index (Phi) is 3.26. The molecule has 80 valence electrons. The minimum Gasteiger partial charge on any atom is -0.329 e. The van der Waals surface area contributed by atoms with Crippen LogP contribution in [0.2, 0.25) is 0 Å². The molecule has 0 fully saturated rings. The smallest absolute Gasteiger partial charge is 0.133 e. The van der Waals surface area contributed by atoms with Crippen molar-refractivity contribution in [3.63, 3.8) is 0 Å². The molecular formula is C10H20N4. The third-order valence-corrected chi connectivity index (χ3v) is 2.05. The Hall–Kier alpha value is -0.900. The number of aryl methyl sites for hydroxylation is 1. The van der Waals surface area contributed by atoms with Gasteiger partial charge in [-0.1, -0.05) is 20.8 Å². The highest BCUT2D eigenvalue weighted by Crippen LogP contribution is 2.19. The van der Waals surface area contributed by atoms with E-state index >= 15 is 0 Å². The lowest BCUT2D eigenvalue weighted by molar-refractivity contribution is 0.391. The molecule has 0 amide bonds. The molecule has 1 heterocycles. The molecule has 4 heteroatoms. The molecule has 0 radical (unpaired) electrons. The van der Waals surface area contributed by atoms with Crippen molar-refractivity contribution in [3.05, 3.63) is 11.6 Å². The van der Waals surface area contributed by atoms with Crippen LogP contribution in [0, 0.1) is 12.3 Å². The van der Waals surface area contributed by atoms with E-state index < -0.39 is 0 Å². The Morgan fingerprint density at radius 2 is 1.93 bits per heavy atom. The average molecular weight is 196 g/mol. The lowest BCUT2D eigenvalue weighted by atomic mass is 9.92. The molecule has 0 saturated carbocycles. The van der Waals surface area contributed by atoms with E-state index in [1.807, 2.05) is 6.92 Å². The van der Waals surface area contributed by atoms with Gasteiger partial charge in [-0.05, 0) is 12.3 Å². The van der Waals surface area contributed by atoms with Gasteiger partial charge in [0.2, 0.25) is 0 Å². The summed E-state index contributed by atoms with van der Waals surface area (Å²) < 4.78 is 2.10. The third kappa shape index (κ3) is 2.80. The van der Waals surface area contributed by atoms with Crippen LogP contribution in [0.15, 0.2) is 0 Å². The molecular weight excluding hydrogens is 176 g/mol. The molecule has 2 N–H and O–H groups in total. The minimum atomic E-state index is 0.242. The van der Waals surface area contributed by atoms with Crippen LogP contribution < -0.4 is 5.73 Å². The van der Waals surface area contributed by atoms with Crippen molar-refractivity contribution in [1.29, 1.82) is 0 Å². The summed E-state index contributed by atoms with van der Waals surface area (Å²) >= 11 is 0. The van der Waals surface area contributed by atoms with Crippen LogP contribution in [0.25, 0.3) is 0 Å². The maximum Gasteiger partial charge on any atom is 0.133 e. The normalized spacial score (nSPS) is 12.1. The van der Waals surface area contributed by atoms with Crippen molar-refractivity contribution >= 4 is 0 Å². The van der Waals surface area contributed by atoms with Crippen LogP contribution in [0.4, 0.5) is 0 Å². The first-order chi connectivity index (χ1) is 6.44. The first-order valence-corrected chi connectivity index (χ1v) is 5.03. The summed E-state index contributed by atoms with van der Waals surface area (Å²) in [6.07, 6.45) is 0.938. The number of aromatic nitrogens is 3. The van der Waals surface area contributed by atoms with Crippen molar-refractivity contribution in [2.24, 2.45) is 11.1 Å². The maximum atomic E-state index is 5.54. The second-order valence-corrected chi connectivity index (χ2v) is 4.84. The third-order valence-electron chi connectivity index (χ3n) is 2.05. The molecule has 0 atom stereocenters. The van der Waals surface area contributed by atoms with Gasteiger partial charge in [0.15, 0.2) is 0 Å². The topological polar surface area (TPSA) is 56.7 Å². The second kappa shape index (κ2) is 4.09. The Morgan fingerprint density at radius 3 is 2.43 bits per heavy atom. The Balaban J connectivity index is 2.86. The molecule has 0 saturated heterocycles. The van der Waals surface area contributed by atoms with Crippen LogP contribution in [-0.4, -0.2) is 21.3 Å². The van der Waals surface area contributed by atoms with Crippen LogP contribution in [-0.2, 0) is 13.0 Å². The van der Waals surface area contributed by atoms with Crippen molar-refractivity contribution in [2.45, 2.75) is 40.7 Å². The minimum absolute atomic E-state index is 0.242. The van der Waals surface area contributed by atoms with Gasteiger partial charge in [-0.3, -0.25) is 0 Å². The highest BCUT2D eigenvalue weighted by atomic mass is 15.3. The van der Waals surface area contributed by atoms with E-state index in [1.165, 1.54) is 0 Å². The molecule has 1 rings (SSSR count). The fraction of sp³-hybridized carbons (Fsp3) is 0.800. The summed E-state index contributed by atoms with van der Waals surface area (Å²) in [4.78, 5) is 0. The van der Waals surface area contributed by atoms with Gasteiger partial charge in [0.25, 0.3) is 0 Å². The average Bonchev–Trinajstić information content (AvgIpc) is 2.33. The zero-order chi connectivity index (χ0) is 10.8. The lowest BCUT2D eigenvalue weighted by Gasteiger charge is -2.18. The summed E-state index contributed by atoms with van der Waals surface area (Å²) in [7, 11) is 0. The molecule has 14 heavy (non-hydrogen) atoms. The molecule has 0 bridgehead atoms. The van der Waals surface area contributed by atoms with Gasteiger partial charge < -0.3 is 10.3 Å². The Bertz CT molecular complexity index is 296. The molecule has 0 aliphatic carbocycles. The molecule has 0 aliphatic rings. The standard InChI is InChI=1S/C10H20N4/c1-8-12-13-9(7-10(2,3)4)14(8)6-5-11/h5-7,11H2,1-4H3. The summed E-state index contributed by atoms with van der Waals surface area (Å²) in [6, 6.07) is 0. The van der Waals surface area contributed by atoms with Gasteiger partial charge in [0.05, 0.1) is 0 Å². The summed E-state index contributed by atoms with van der Waals surface area (Å²) in [5, 5.41) is 8.25. The van der Waals surface area contributed by atoms with Crippen molar-refractivity contribution < 1.29 is 0 Å². The summed E-state index contributed by atoms with van der Waals surface area (Å²) in [5.74, 6) is 2.00. The summed E-state index contributed by atoms with van der Waals surface area (Å²) in [5.41, 5.74) is 5.79. The van der Waals surface area contributed by atoms with Gasteiger partial charge in [-0.25, -0.2) is 0 Å². The van der Waals surface area contributed by atoms with Crippen LogP contribution in [0.5, 0.6) is 0 Å². The molecule has 0 spiro atoms. The second-order valence-electron chi connectivity index (χ2n) is 4.84. The molecule has 0 unspecified atom stereocenters. The predicted molar refractivity (Wildman–Crippen MR) is 57.0 cm³/mol. The van der Waals surface area contributed by atoms with Crippen molar-refractivity contribution in [2.75, 3.05) is 6.54 Å². The Labute approximate surface area is 85.5 Å². The van der Waals surface area contributed by atoms with E-state index in [1.54, 1.807) is 0 Å². The van der Waals surface area contributed by atoms with Crippen molar-refractivity contribution in [3.8, 4) is 0 Å². The number of hydrogen-bond acceptors (Lipinski definition) is 3. The first kappa shape index (κ1) is 11.2. The zero-order valence-electron chi connectivity index (χ0n) is 9.54. The molecule has 1 aromatic heterocycles. The molecule has 0 aromatic carbocycles. The monoisotopic (exact) mass is 196 g/mol. The lowest BCUT2D eigenvalue weighted by Crippen LogP contribution is -2.18. The zero-order valence-corrected chi connectivity index (χ0v) is 9.54. The number of nitrogens with zero attached hydrogens (tertiary/aromatic N) is 3. The molecule has 4 nitrogen and oxygen atoms in total. The fourth-order valence-electron chi connectivity index (χ4n) is 1.45.